The van der Waals surface area contributed by atoms with Crippen LogP contribution in [0.25, 0.3) is 0 Å². The first kappa shape index (κ1) is 15.4. The maximum Gasteiger partial charge on any atom is 0.271 e. The van der Waals surface area contributed by atoms with Crippen LogP contribution < -0.4 is 5.32 Å². The summed E-state index contributed by atoms with van der Waals surface area (Å²) in [6.45, 7) is 8.95. The first-order valence-electron chi connectivity index (χ1n) is 6.71. The number of rotatable bonds is 4. The number of aryl methyl sites for hydroxylation is 1. The molecule has 6 heteroatoms. The molecule has 0 spiro atoms. The predicted octanol–water partition coefficient (Wildman–Crippen LogP) is 4.27. The third kappa shape index (κ3) is 3.78. The van der Waals surface area contributed by atoms with Crippen molar-refractivity contribution >= 4 is 22.7 Å². The molecule has 1 aromatic heterocycles. The lowest BCUT2D eigenvalue weighted by Gasteiger charge is -2.13. The molecule has 0 amide bonds. The average molecular weight is 305 g/mol. The van der Waals surface area contributed by atoms with Gasteiger partial charge in [0.2, 0.25) is 0 Å². The molecule has 2 rings (SSSR count). The van der Waals surface area contributed by atoms with Crippen LogP contribution in [0.5, 0.6) is 0 Å². The van der Waals surface area contributed by atoms with Gasteiger partial charge in [0, 0.05) is 34.3 Å². The summed E-state index contributed by atoms with van der Waals surface area (Å²) in [5, 5.41) is 15.2. The van der Waals surface area contributed by atoms with Gasteiger partial charge in [-0.25, -0.2) is 4.98 Å². The van der Waals surface area contributed by atoms with Crippen molar-refractivity contribution in [3.05, 3.63) is 50.0 Å². The molecule has 0 unspecified atom stereocenters. The SMILES string of the molecule is Cc1ccc([N+](=O)[O-])cc1NCc1cnc(C(C)(C)C)s1. The van der Waals surface area contributed by atoms with E-state index in [2.05, 4.69) is 31.1 Å². The third-order valence-corrected chi connectivity index (χ3v) is 4.50. The second-order valence-electron chi connectivity index (χ2n) is 5.99. The highest BCUT2D eigenvalue weighted by molar-refractivity contribution is 7.11. The van der Waals surface area contributed by atoms with E-state index in [-0.39, 0.29) is 16.0 Å². The molecule has 0 atom stereocenters. The van der Waals surface area contributed by atoms with Gasteiger partial charge in [-0.3, -0.25) is 10.1 Å². The molecule has 0 bridgehead atoms. The number of nitro groups is 1. The predicted molar refractivity (Wildman–Crippen MR) is 86.0 cm³/mol. The molecular formula is C15H19N3O2S. The average Bonchev–Trinajstić information content (AvgIpc) is 2.86. The van der Waals surface area contributed by atoms with E-state index in [0.717, 1.165) is 21.1 Å². The highest BCUT2D eigenvalue weighted by Gasteiger charge is 2.18. The molecule has 0 radical (unpaired) electrons. The summed E-state index contributed by atoms with van der Waals surface area (Å²) in [4.78, 5) is 16.0. The summed E-state index contributed by atoms with van der Waals surface area (Å²) in [5.41, 5.74) is 1.92. The summed E-state index contributed by atoms with van der Waals surface area (Å²) < 4.78 is 0. The molecule has 0 aliphatic carbocycles. The van der Waals surface area contributed by atoms with Gasteiger partial charge in [-0.1, -0.05) is 26.8 Å². The monoisotopic (exact) mass is 305 g/mol. The van der Waals surface area contributed by atoms with Gasteiger partial charge in [0.15, 0.2) is 0 Å². The second kappa shape index (κ2) is 5.81. The number of anilines is 1. The van der Waals surface area contributed by atoms with Crippen molar-refractivity contribution in [1.29, 1.82) is 0 Å². The van der Waals surface area contributed by atoms with E-state index in [1.54, 1.807) is 23.5 Å². The highest BCUT2D eigenvalue weighted by Crippen LogP contribution is 2.28. The molecule has 2 aromatic rings. The minimum atomic E-state index is -0.380. The van der Waals surface area contributed by atoms with Gasteiger partial charge in [0.1, 0.15) is 0 Å². The van der Waals surface area contributed by atoms with Crippen molar-refractivity contribution in [3.8, 4) is 0 Å². The van der Waals surface area contributed by atoms with Gasteiger partial charge in [-0.05, 0) is 12.5 Å². The topological polar surface area (TPSA) is 68.1 Å². The standard InChI is InChI=1S/C15H19N3O2S/c1-10-5-6-11(18(19)20)7-13(10)16-8-12-9-17-14(21-12)15(2,3)4/h5-7,9,16H,8H2,1-4H3. The molecule has 0 saturated heterocycles. The maximum atomic E-state index is 10.8. The Morgan fingerprint density at radius 2 is 2.10 bits per heavy atom. The molecule has 1 aromatic carbocycles. The largest absolute Gasteiger partial charge is 0.380 e. The lowest BCUT2D eigenvalue weighted by molar-refractivity contribution is -0.384. The van der Waals surface area contributed by atoms with Crippen LogP contribution in [-0.2, 0) is 12.0 Å². The van der Waals surface area contributed by atoms with Gasteiger partial charge in [-0.2, -0.15) is 0 Å². The highest BCUT2D eigenvalue weighted by atomic mass is 32.1. The van der Waals surface area contributed by atoms with Gasteiger partial charge >= 0.3 is 0 Å². The summed E-state index contributed by atoms with van der Waals surface area (Å²) >= 11 is 1.67. The summed E-state index contributed by atoms with van der Waals surface area (Å²) in [6, 6.07) is 4.85. The van der Waals surface area contributed by atoms with Crippen molar-refractivity contribution in [2.75, 3.05) is 5.32 Å². The maximum absolute atomic E-state index is 10.8. The lowest BCUT2D eigenvalue weighted by Crippen LogP contribution is -2.09. The minimum absolute atomic E-state index is 0.0460. The normalized spacial score (nSPS) is 11.4. The van der Waals surface area contributed by atoms with E-state index >= 15 is 0 Å². The number of nitrogens with zero attached hydrogens (tertiary/aromatic N) is 2. The van der Waals surface area contributed by atoms with Crippen LogP contribution in [0.3, 0.4) is 0 Å². The Bertz CT molecular complexity index is 659. The molecule has 1 heterocycles. The van der Waals surface area contributed by atoms with E-state index in [9.17, 15) is 10.1 Å². The third-order valence-electron chi connectivity index (χ3n) is 3.08. The zero-order chi connectivity index (χ0) is 15.6. The van der Waals surface area contributed by atoms with Crippen LogP contribution >= 0.6 is 11.3 Å². The summed E-state index contributed by atoms with van der Waals surface area (Å²) in [7, 11) is 0. The fraction of sp³-hybridized carbons (Fsp3) is 0.400. The molecule has 0 aliphatic heterocycles. The molecule has 5 nitrogen and oxygen atoms in total. The first-order chi connectivity index (χ1) is 9.77. The van der Waals surface area contributed by atoms with Crippen LogP contribution in [-0.4, -0.2) is 9.91 Å². The quantitative estimate of drug-likeness (QED) is 0.676. The Morgan fingerprint density at radius 1 is 1.38 bits per heavy atom. The van der Waals surface area contributed by atoms with Gasteiger partial charge in [-0.15, -0.1) is 11.3 Å². The van der Waals surface area contributed by atoms with Crippen LogP contribution in [0.1, 0.15) is 36.2 Å². The smallest absolute Gasteiger partial charge is 0.271 e. The fourth-order valence-electron chi connectivity index (χ4n) is 1.83. The van der Waals surface area contributed by atoms with Gasteiger partial charge in [0.25, 0.3) is 5.69 Å². The molecule has 21 heavy (non-hydrogen) atoms. The van der Waals surface area contributed by atoms with Crippen molar-refractivity contribution < 1.29 is 4.92 Å². The molecule has 0 fully saturated rings. The number of thiazole rings is 1. The Labute approximate surface area is 128 Å². The van der Waals surface area contributed by atoms with Crippen molar-refractivity contribution in [2.45, 2.75) is 39.7 Å². The van der Waals surface area contributed by atoms with E-state index in [0.29, 0.717) is 6.54 Å². The Morgan fingerprint density at radius 3 is 2.67 bits per heavy atom. The Kier molecular flexibility index (Phi) is 4.27. The number of benzene rings is 1. The number of hydrogen-bond acceptors (Lipinski definition) is 5. The lowest BCUT2D eigenvalue weighted by atomic mass is 9.98. The van der Waals surface area contributed by atoms with Crippen molar-refractivity contribution in [3.63, 3.8) is 0 Å². The van der Waals surface area contributed by atoms with Crippen LogP contribution in [0.15, 0.2) is 24.4 Å². The van der Waals surface area contributed by atoms with Crippen molar-refractivity contribution in [2.24, 2.45) is 0 Å². The molecule has 1 N–H and O–H groups in total. The number of hydrogen-bond donors (Lipinski definition) is 1. The Hall–Kier alpha value is -1.95. The van der Waals surface area contributed by atoms with E-state index in [4.69, 9.17) is 0 Å². The minimum Gasteiger partial charge on any atom is -0.380 e. The fourth-order valence-corrected chi connectivity index (χ4v) is 2.74. The summed E-state index contributed by atoms with van der Waals surface area (Å²) in [6.07, 6.45) is 1.87. The summed E-state index contributed by atoms with van der Waals surface area (Å²) in [5.74, 6) is 0. The van der Waals surface area contributed by atoms with Gasteiger partial charge < -0.3 is 5.32 Å². The van der Waals surface area contributed by atoms with E-state index in [1.807, 2.05) is 13.1 Å². The number of nitro benzene ring substituents is 1. The zero-order valence-electron chi connectivity index (χ0n) is 12.6. The van der Waals surface area contributed by atoms with E-state index < -0.39 is 0 Å². The molecular weight excluding hydrogens is 286 g/mol. The van der Waals surface area contributed by atoms with Crippen molar-refractivity contribution in [1.82, 2.24) is 4.98 Å². The number of nitrogens with one attached hydrogen (secondary N) is 1. The second-order valence-corrected chi connectivity index (χ2v) is 7.11. The van der Waals surface area contributed by atoms with Crippen LogP contribution in [0.2, 0.25) is 0 Å². The number of non-ortho nitro benzene ring substituents is 1. The van der Waals surface area contributed by atoms with Gasteiger partial charge in [0.05, 0.1) is 16.5 Å². The molecule has 0 saturated carbocycles. The van der Waals surface area contributed by atoms with Crippen LogP contribution in [0.4, 0.5) is 11.4 Å². The molecule has 0 aliphatic rings. The number of aromatic nitrogens is 1. The van der Waals surface area contributed by atoms with Crippen LogP contribution in [0, 0.1) is 17.0 Å². The molecule has 112 valence electrons. The van der Waals surface area contributed by atoms with E-state index in [1.165, 1.54) is 6.07 Å². The zero-order valence-corrected chi connectivity index (χ0v) is 13.5. The first-order valence-corrected chi connectivity index (χ1v) is 7.53. The Balaban J connectivity index is 2.11.